The van der Waals surface area contributed by atoms with E-state index in [0.29, 0.717) is 6.04 Å². The van der Waals surface area contributed by atoms with E-state index in [1.807, 2.05) is 6.07 Å². The molecule has 0 aliphatic heterocycles. The van der Waals surface area contributed by atoms with Crippen LogP contribution in [-0.4, -0.2) is 6.54 Å². The van der Waals surface area contributed by atoms with E-state index in [2.05, 4.69) is 35.6 Å². The highest BCUT2D eigenvalue weighted by Gasteiger charge is 2.20. The lowest BCUT2D eigenvalue weighted by atomic mass is 10.1. The van der Waals surface area contributed by atoms with Crippen LogP contribution in [0.15, 0.2) is 36.4 Å². The van der Waals surface area contributed by atoms with Gasteiger partial charge in [0.05, 0.1) is 4.34 Å². The predicted molar refractivity (Wildman–Crippen MR) is 78.5 cm³/mol. The van der Waals surface area contributed by atoms with Crippen molar-refractivity contribution < 1.29 is 0 Å². The van der Waals surface area contributed by atoms with Gasteiger partial charge in [0.2, 0.25) is 0 Å². The average molecular weight is 278 g/mol. The molecule has 1 N–H and O–H groups in total. The SMILES string of the molecule is Clc1ccc(CCNC2CCc3ccccc32)s1. The highest BCUT2D eigenvalue weighted by molar-refractivity contribution is 7.16. The van der Waals surface area contributed by atoms with Crippen LogP contribution in [0.25, 0.3) is 0 Å². The van der Waals surface area contributed by atoms with Gasteiger partial charge in [0.1, 0.15) is 0 Å². The van der Waals surface area contributed by atoms with Gasteiger partial charge in [-0.1, -0.05) is 35.9 Å². The maximum atomic E-state index is 5.93. The second-order valence-corrected chi connectivity index (χ2v) is 6.50. The third-order valence-corrected chi connectivity index (χ3v) is 4.81. The number of halogens is 1. The van der Waals surface area contributed by atoms with Gasteiger partial charge >= 0.3 is 0 Å². The minimum Gasteiger partial charge on any atom is -0.310 e. The third-order valence-electron chi connectivity index (χ3n) is 3.52. The normalized spacial score (nSPS) is 17.9. The summed E-state index contributed by atoms with van der Waals surface area (Å²) >= 11 is 7.61. The molecule has 3 rings (SSSR count). The van der Waals surface area contributed by atoms with Crippen LogP contribution in [0.5, 0.6) is 0 Å². The van der Waals surface area contributed by atoms with Gasteiger partial charge in [-0.25, -0.2) is 0 Å². The molecule has 1 nitrogen and oxygen atoms in total. The molecular formula is C15H16ClNS. The second kappa shape index (κ2) is 5.43. The Bertz CT molecular complexity index is 535. The number of rotatable bonds is 4. The molecule has 1 aromatic carbocycles. The van der Waals surface area contributed by atoms with E-state index < -0.39 is 0 Å². The minimum absolute atomic E-state index is 0.539. The number of fused-ring (bicyclic) bond motifs is 1. The highest BCUT2D eigenvalue weighted by Crippen LogP contribution is 2.30. The van der Waals surface area contributed by atoms with Crippen molar-refractivity contribution in [2.45, 2.75) is 25.3 Å². The molecule has 1 heterocycles. The smallest absolute Gasteiger partial charge is 0.0931 e. The fourth-order valence-electron chi connectivity index (χ4n) is 2.62. The quantitative estimate of drug-likeness (QED) is 0.882. The van der Waals surface area contributed by atoms with Gasteiger partial charge < -0.3 is 5.32 Å². The largest absolute Gasteiger partial charge is 0.310 e. The third kappa shape index (κ3) is 2.61. The van der Waals surface area contributed by atoms with Crippen LogP contribution >= 0.6 is 22.9 Å². The molecule has 0 spiro atoms. The van der Waals surface area contributed by atoms with Gasteiger partial charge in [-0.05, 0) is 42.5 Å². The summed E-state index contributed by atoms with van der Waals surface area (Å²) in [5.74, 6) is 0. The highest BCUT2D eigenvalue weighted by atomic mass is 35.5. The molecule has 1 aliphatic carbocycles. The average Bonchev–Trinajstić information content (AvgIpc) is 2.97. The summed E-state index contributed by atoms with van der Waals surface area (Å²) in [4.78, 5) is 1.36. The molecule has 0 saturated heterocycles. The summed E-state index contributed by atoms with van der Waals surface area (Å²) in [5, 5.41) is 3.66. The summed E-state index contributed by atoms with van der Waals surface area (Å²) in [6, 6.07) is 13.4. The Balaban J connectivity index is 1.56. The number of hydrogen-bond donors (Lipinski definition) is 1. The lowest BCUT2D eigenvalue weighted by molar-refractivity contribution is 0.535. The Hall–Kier alpha value is -0.830. The van der Waals surface area contributed by atoms with E-state index in [9.17, 15) is 0 Å². The molecule has 0 saturated carbocycles. The standard InChI is InChI=1S/C15H16ClNS/c16-15-8-6-12(18-15)9-10-17-14-7-5-11-3-1-2-4-13(11)14/h1-4,6,8,14,17H,5,7,9-10H2. The van der Waals surface area contributed by atoms with Gasteiger partial charge in [-0.2, -0.15) is 0 Å². The Morgan fingerprint density at radius 3 is 2.94 bits per heavy atom. The first-order chi connectivity index (χ1) is 8.83. The van der Waals surface area contributed by atoms with Gasteiger partial charge in [0, 0.05) is 17.5 Å². The lowest BCUT2D eigenvalue weighted by Gasteiger charge is -2.13. The molecule has 0 bridgehead atoms. The van der Waals surface area contributed by atoms with Crippen molar-refractivity contribution >= 4 is 22.9 Å². The monoisotopic (exact) mass is 277 g/mol. The molecule has 0 amide bonds. The van der Waals surface area contributed by atoms with E-state index in [4.69, 9.17) is 11.6 Å². The van der Waals surface area contributed by atoms with E-state index >= 15 is 0 Å². The zero-order chi connectivity index (χ0) is 12.4. The van der Waals surface area contributed by atoms with Crippen molar-refractivity contribution in [2.24, 2.45) is 0 Å². The molecule has 94 valence electrons. The minimum atomic E-state index is 0.539. The van der Waals surface area contributed by atoms with Crippen molar-refractivity contribution in [1.29, 1.82) is 0 Å². The zero-order valence-corrected chi connectivity index (χ0v) is 11.7. The van der Waals surface area contributed by atoms with Crippen LogP contribution in [0.1, 0.15) is 28.5 Å². The van der Waals surface area contributed by atoms with E-state index in [-0.39, 0.29) is 0 Å². The molecule has 0 radical (unpaired) electrons. The maximum Gasteiger partial charge on any atom is 0.0931 e. The Morgan fingerprint density at radius 1 is 1.22 bits per heavy atom. The predicted octanol–water partition coefficient (Wildman–Crippen LogP) is 4.22. The number of nitrogens with one attached hydrogen (secondary N) is 1. The molecule has 1 aromatic heterocycles. The van der Waals surface area contributed by atoms with Crippen LogP contribution in [0.3, 0.4) is 0 Å². The van der Waals surface area contributed by atoms with Crippen LogP contribution in [0.4, 0.5) is 0 Å². The van der Waals surface area contributed by atoms with Crippen molar-refractivity contribution in [3.8, 4) is 0 Å². The molecule has 18 heavy (non-hydrogen) atoms. The van der Waals surface area contributed by atoms with Crippen LogP contribution in [0, 0.1) is 0 Å². The molecule has 1 unspecified atom stereocenters. The molecule has 2 aromatic rings. The first kappa shape index (κ1) is 12.2. The molecule has 1 aliphatic rings. The fraction of sp³-hybridized carbons (Fsp3) is 0.333. The van der Waals surface area contributed by atoms with Crippen molar-refractivity contribution in [3.63, 3.8) is 0 Å². The van der Waals surface area contributed by atoms with Crippen molar-refractivity contribution in [2.75, 3.05) is 6.54 Å². The van der Waals surface area contributed by atoms with Crippen molar-refractivity contribution in [1.82, 2.24) is 5.32 Å². The van der Waals surface area contributed by atoms with Crippen molar-refractivity contribution in [3.05, 3.63) is 56.7 Å². The molecular weight excluding hydrogens is 262 g/mol. The van der Waals surface area contributed by atoms with Crippen LogP contribution in [-0.2, 0) is 12.8 Å². The molecule has 0 fully saturated rings. The molecule has 3 heteroatoms. The van der Waals surface area contributed by atoms with E-state index in [1.54, 1.807) is 11.3 Å². The topological polar surface area (TPSA) is 12.0 Å². The van der Waals surface area contributed by atoms with Gasteiger partial charge in [0.15, 0.2) is 0 Å². The number of aryl methyl sites for hydroxylation is 1. The van der Waals surface area contributed by atoms with Gasteiger partial charge in [-0.15, -0.1) is 11.3 Å². The van der Waals surface area contributed by atoms with E-state index in [1.165, 1.54) is 28.8 Å². The van der Waals surface area contributed by atoms with Crippen LogP contribution in [0.2, 0.25) is 4.34 Å². The summed E-state index contributed by atoms with van der Waals surface area (Å²) < 4.78 is 0.885. The summed E-state index contributed by atoms with van der Waals surface area (Å²) in [6.45, 7) is 1.02. The van der Waals surface area contributed by atoms with Gasteiger partial charge in [0.25, 0.3) is 0 Å². The number of benzene rings is 1. The first-order valence-corrected chi connectivity index (χ1v) is 7.58. The lowest BCUT2D eigenvalue weighted by Crippen LogP contribution is -2.21. The summed E-state index contributed by atoms with van der Waals surface area (Å²) in [7, 11) is 0. The maximum absolute atomic E-state index is 5.93. The first-order valence-electron chi connectivity index (χ1n) is 6.38. The molecule has 1 atom stereocenters. The Morgan fingerprint density at radius 2 is 2.11 bits per heavy atom. The van der Waals surface area contributed by atoms with Gasteiger partial charge in [-0.3, -0.25) is 0 Å². The zero-order valence-electron chi connectivity index (χ0n) is 10.2. The summed E-state index contributed by atoms with van der Waals surface area (Å²) in [5.41, 5.74) is 3.00. The number of thiophene rings is 1. The fourth-order valence-corrected chi connectivity index (χ4v) is 3.71. The van der Waals surface area contributed by atoms with E-state index in [0.717, 1.165) is 17.3 Å². The Kier molecular flexibility index (Phi) is 3.69. The second-order valence-electron chi connectivity index (χ2n) is 4.70. The Labute approximate surface area is 117 Å². The summed E-state index contributed by atoms with van der Waals surface area (Å²) in [6.07, 6.45) is 3.50. The number of hydrogen-bond acceptors (Lipinski definition) is 2. The van der Waals surface area contributed by atoms with Crippen LogP contribution < -0.4 is 5.32 Å².